The lowest BCUT2D eigenvalue weighted by molar-refractivity contribution is -0.116. The molecule has 1 heterocycles. The molecule has 0 aliphatic rings. The first-order valence-electron chi connectivity index (χ1n) is 7.33. The van der Waals surface area contributed by atoms with E-state index in [1.165, 1.54) is 11.8 Å². The van der Waals surface area contributed by atoms with Gasteiger partial charge in [-0.1, -0.05) is 52.7 Å². The molecule has 0 saturated heterocycles. The van der Waals surface area contributed by atoms with E-state index in [-0.39, 0.29) is 11.9 Å². The molecule has 0 fully saturated rings. The maximum Gasteiger partial charge on any atom is 0.335 e. The lowest BCUT2D eigenvalue weighted by atomic mass is 10.1. The van der Waals surface area contributed by atoms with Gasteiger partial charge in [0.1, 0.15) is 0 Å². The summed E-state index contributed by atoms with van der Waals surface area (Å²) >= 11 is 0. The maximum absolute atomic E-state index is 12.0. The molecule has 5 nitrogen and oxygen atoms in total. The van der Waals surface area contributed by atoms with Gasteiger partial charge in [-0.05, 0) is 26.0 Å². The molecule has 2 aromatic carbocycles. The summed E-state index contributed by atoms with van der Waals surface area (Å²) in [6.07, 6.45) is 0. The Kier molecular flexibility index (Phi) is 3.93. The zero-order valence-electron chi connectivity index (χ0n) is 13.3. The molecule has 0 saturated carbocycles. The van der Waals surface area contributed by atoms with Crippen LogP contribution in [0.25, 0.3) is 11.4 Å². The fourth-order valence-corrected chi connectivity index (χ4v) is 2.25. The minimum Gasteiger partial charge on any atom is -0.314 e. The van der Waals surface area contributed by atoms with Crippen LogP contribution < -0.4 is 4.90 Å². The van der Waals surface area contributed by atoms with Gasteiger partial charge in [0.2, 0.25) is 11.7 Å². The van der Waals surface area contributed by atoms with E-state index in [2.05, 4.69) is 10.1 Å². The molecule has 0 aliphatic carbocycles. The SMILES string of the molecule is CC(=O)N(c1ccc(C)cc1)c1nc(-c2ccc(C)cc2)no1. The Balaban J connectivity index is 1.97. The van der Waals surface area contributed by atoms with Crippen LogP contribution in [0.3, 0.4) is 0 Å². The first-order chi connectivity index (χ1) is 11.0. The Morgan fingerprint density at radius 2 is 1.52 bits per heavy atom. The van der Waals surface area contributed by atoms with Crippen molar-refractivity contribution in [2.24, 2.45) is 0 Å². The Labute approximate surface area is 134 Å². The highest BCUT2D eigenvalue weighted by atomic mass is 16.5. The highest BCUT2D eigenvalue weighted by Crippen LogP contribution is 2.27. The van der Waals surface area contributed by atoms with E-state index >= 15 is 0 Å². The zero-order chi connectivity index (χ0) is 16.4. The zero-order valence-corrected chi connectivity index (χ0v) is 13.3. The van der Waals surface area contributed by atoms with Gasteiger partial charge in [0.25, 0.3) is 0 Å². The molecule has 1 aromatic heterocycles. The van der Waals surface area contributed by atoms with Gasteiger partial charge in [0, 0.05) is 12.5 Å². The van der Waals surface area contributed by atoms with Gasteiger partial charge in [0.05, 0.1) is 5.69 Å². The average molecular weight is 307 g/mol. The van der Waals surface area contributed by atoms with Gasteiger partial charge in [-0.3, -0.25) is 4.79 Å². The van der Waals surface area contributed by atoms with E-state index < -0.39 is 0 Å². The average Bonchev–Trinajstić information content (AvgIpc) is 2.99. The number of hydrogen-bond donors (Lipinski definition) is 0. The van der Waals surface area contributed by atoms with Crippen molar-refractivity contribution in [3.63, 3.8) is 0 Å². The number of anilines is 2. The number of aryl methyl sites for hydroxylation is 2. The summed E-state index contributed by atoms with van der Waals surface area (Å²) in [7, 11) is 0. The van der Waals surface area contributed by atoms with Crippen molar-refractivity contribution in [2.75, 3.05) is 4.90 Å². The molecule has 0 aliphatic heterocycles. The molecule has 0 bridgehead atoms. The summed E-state index contributed by atoms with van der Waals surface area (Å²) in [6, 6.07) is 15.5. The summed E-state index contributed by atoms with van der Waals surface area (Å²) in [5.74, 6) is 0.270. The van der Waals surface area contributed by atoms with Crippen molar-refractivity contribution in [2.45, 2.75) is 20.8 Å². The van der Waals surface area contributed by atoms with Crippen LogP contribution in [0.5, 0.6) is 0 Å². The Hall–Kier alpha value is -2.95. The molecular formula is C18H17N3O2. The van der Waals surface area contributed by atoms with Crippen molar-refractivity contribution < 1.29 is 9.32 Å². The van der Waals surface area contributed by atoms with Gasteiger partial charge < -0.3 is 4.52 Å². The third-order valence-electron chi connectivity index (χ3n) is 3.52. The monoisotopic (exact) mass is 307 g/mol. The number of hydrogen-bond acceptors (Lipinski definition) is 4. The third-order valence-corrected chi connectivity index (χ3v) is 3.52. The molecule has 0 unspecified atom stereocenters. The van der Waals surface area contributed by atoms with Crippen LogP contribution >= 0.6 is 0 Å². The molecule has 0 atom stereocenters. The number of rotatable bonds is 3. The van der Waals surface area contributed by atoms with Gasteiger partial charge >= 0.3 is 6.01 Å². The van der Waals surface area contributed by atoms with Gasteiger partial charge in [-0.25, -0.2) is 4.90 Å². The summed E-state index contributed by atoms with van der Waals surface area (Å²) in [5.41, 5.74) is 3.81. The second kappa shape index (κ2) is 6.04. The number of aromatic nitrogens is 2. The number of benzene rings is 2. The van der Waals surface area contributed by atoms with Crippen LogP contribution in [0.2, 0.25) is 0 Å². The van der Waals surface area contributed by atoms with E-state index in [0.717, 1.165) is 16.7 Å². The number of carbonyl (C=O) groups is 1. The van der Waals surface area contributed by atoms with Crippen LogP contribution in [0.1, 0.15) is 18.1 Å². The molecule has 3 aromatic rings. The highest BCUT2D eigenvalue weighted by molar-refractivity contribution is 5.97. The molecule has 1 amide bonds. The minimum absolute atomic E-state index is 0.164. The molecule has 116 valence electrons. The maximum atomic E-state index is 12.0. The van der Waals surface area contributed by atoms with Crippen LogP contribution in [0, 0.1) is 13.8 Å². The largest absolute Gasteiger partial charge is 0.335 e. The van der Waals surface area contributed by atoms with Crippen LogP contribution in [-0.2, 0) is 4.79 Å². The lowest BCUT2D eigenvalue weighted by Gasteiger charge is -2.15. The summed E-state index contributed by atoms with van der Waals surface area (Å²) in [4.78, 5) is 17.8. The molecular weight excluding hydrogens is 290 g/mol. The van der Waals surface area contributed by atoms with Gasteiger partial charge in [-0.15, -0.1) is 0 Å². The number of amides is 1. The molecule has 0 spiro atoms. The topological polar surface area (TPSA) is 59.2 Å². The van der Waals surface area contributed by atoms with Crippen molar-refractivity contribution in [1.29, 1.82) is 0 Å². The van der Waals surface area contributed by atoms with Crippen molar-refractivity contribution in [3.05, 3.63) is 59.7 Å². The Morgan fingerprint density at radius 3 is 2.09 bits per heavy atom. The van der Waals surface area contributed by atoms with Crippen LogP contribution in [-0.4, -0.2) is 16.0 Å². The first-order valence-corrected chi connectivity index (χ1v) is 7.33. The first kappa shape index (κ1) is 15.0. The quantitative estimate of drug-likeness (QED) is 0.732. The third kappa shape index (κ3) is 3.13. The molecule has 3 rings (SSSR count). The van der Waals surface area contributed by atoms with Gasteiger partial charge in [-0.2, -0.15) is 4.98 Å². The molecule has 5 heteroatoms. The van der Waals surface area contributed by atoms with Crippen LogP contribution in [0.4, 0.5) is 11.7 Å². The van der Waals surface area contributed by atoms with E-state index in [0.29, 0.717) is 11.5 Å². The normalized spacial score (nSPS) is 10.6. The minimum atomic E-state index is -0.187. The van der Waals surface area contributed by atoms with E-state index in [1.54, 1.807) is 0 Å². The number of carbonyl (C=O) groups excluding carboxylic acids is 1. The second-order valence-electron chi connectivity index (χ2n) is 5.46. The Bertz CT molecular complexity index is 820. The summed E-state index contributed by atoms with van der Waals surface area (Å²) < 4.78 is 5.30. The summed E-state index contributed by atoms with van der Waals surface area (Å²) in [6.45, 7) is 5.47. The van der Waals surface area contributed by atoms with Crippen molar-refractivity contribution in [3.8, 4) is 11.4 Å². The van der Waals surface area contributed by atoms with Crippen LogP contribution in [0.15, 0.2) is 53.1 Å². The fourth-order valence-electron chi connectivity index (χ4n) is 2.25. The second-order valence-corrected chi connectivity index (χ2v) is 5.46. The predicted molar refractivity (Wildman–Crippen MR) is 88.5 cm³/mol. The van der Waals surface area contributed by atoms with Gasteiger partial charge in [0.15, 0.2) is 0 Å². The van der Waals surface area contributed by atoms with E-state index in [9.17, 15) is 4.79 Å². The predicted octanol–water partition coefficient (Wildman–Crippen LogP) is 4.04. The van der Waals surface area contributed by atoms with Crippen molar-refractivity contribution >= 4 is 17.6 Å². The molecule has 0 N–H and O–H groups in total. The van der Waals surface area contributed by atoms with Crippen molar-refractivity contribution in [1.82, 2.24) is 10.1 Å². The molecule has 23 heavy (non-hydrogen) atoms. The smallest absolute Gasteiger partial charge is 0.314 e. The summed E-state index contributed by atoms with van der Waals surface area (Å²) in [5, 5.41) is 3.98. The standard InChI is InChI=1S/C18H17N3O2/c1-12-4-8-15(9-5-12)17-19-18(23-20-17)21(14(3)22)16-10-6-13(2)7-11-16/h4-11H,1-3H3. The van der Waals surface area contributed by atoms with E-state index in [1.807, 2.05) is 62.4 Å². The highest BCUT2D eigenvalue weighted by Gasteiger charge is 2.21. The lowest BCUT2D eigenvalue weighted by Crippen LogP contribution is -2.23. The number of nitrogens with zero attached hydrogens (tertiary/aromatic N) is 3. The Morgan fingerprint density at radius 1 is 0.957 bits per heavy atom. The fraction of sp³-hybridized carbons (Fsp3) is 0.167. The molecule has 0 radical (unpaired) electrons. The van der Waals surface area contributed by atoms with E-state index in [4.69, 9.17) is 4.52 Å².